The number of rotatable bonds is 7. The highest BCUT2D eigenvalue weighted by atomic mass is 16.4. The van der Waals surface area contributed by atoms with Crippen molar-refractivity contribution in [2.24, 2.45) is 0 Å². The molecule has 1 saturated heterocycles. The quantitative estimate of drug-likeness (QED) is 0.693. The van der Waals surface area contributed by atoms with E-state index >= 15 is 0 Å². The Hall–Kier alpha value is -2.57. The summed E-state index contributed by atoms with van der Waals surface area (Å²) in [5.74, 6) is -0.986. The minimum Gasteiger partial charge on any atom is -0.481 e. The molecule has 0 aromatic heterocycles. The molecule has 1 aromatic carbocycles. The van der Waals surface area contributed by atoms with Crippen molar-refractivity contribution >= 4 is 17.9 Å². The van der Waals surface area contributed by atoms with Crippen LogP contribution in [0.1, 0.15) is 25.3 Å². The molecular weight excluding hydrogens is 310 g/mol. The molecule has 7 heteroatoms. The van der Waals surface area contributed by atoms with E-state index in [1.165, 1.54) is 6.92 Å². The molecule has 3 N–H and O–H groups in total. The smallest absolute Gasteiger partial charge is 0.317 e. The van der Waals surface area contributed by atoms with Crippen LogP contribution in [-0.4, -0.2) is 53.1 Å². The lowest BCUT2D eigenvalue weighted by Crippen LogP contribution is -2.63. The van der Waals surface area contributed by atoms with Crippen LogP contribution in [0.15, 0.2) is 30.3 Å². The molecule has 1 fully saturated rings. The van der Waals surface area contributed by atoms with E-state index in [0.717, 1.165) is 5.56 Å². The molecule has 3 amide bonds. The third-order valence-electron chi connectivity index (χ3n) is 3.94. The van der Waals surface area contributed by atoms with Crippen LogP contribution >= 0.6 is 0 Å². The predicted molar refractivity (Wildman–Crippen MR) is 88.5 cm³/mol. The van der Waals surface area contributed by atoms with Gasteiger partial charge in [0.1, 0.15) is 0 Å². The standard InChI is InChI=1S/C17H23N3O4/c1-12(21)18-15-10-20(11-15)17(24)19-14(7-8-16(22)23)9-13-5-3-2-4-6-13/h2-6,14-15H,7-11H2,1H3,(H,18,21)(H,19,24)(H,22,23). The molecule has 0 radical (unpaired) electrons. The van der Waals surface area contributed by atoms with Crippen LogP contribution in [-0.2, 0) is 16.0 Å². The average molecular weight is 333 g/mol. The van der Waals surface area contributed by atoms with E-state index in [0.29, 0.717) is 25.9 Å². The van der Waals surface area contributed by atoms with Gasteiger partial charge in [-0.2, -0.15) is 0 Å². The first-order chi connectivity index (χ1) is 11.4. The van der Waals surface area contributed by atoms with Crippen molar-refractivity contribution in [3.05, 3.63) is 35.9 Å². The lowest BCUT2D eigenvalue weighted by atomic mass is 10.0. The maximum Gasteiger partial charge on any atom is 0.317 e. The van der Waals surface area contributed by atoms with Crippen molar-refractivity contribution in [1.29, 1.82) is 0 Å². The predicted octanol–water partition coefficient (Wildman–Crippen LogP) is 0.992. The number of carboxylic acid groups (broad SMARTS) is 1. The van der Waals surface area contributed by atoms with Gasteiger partial charge in [-0.15, -0.1) is 0 Å². The van der Waals surface area contributed by atoms with E-state index in [2.05, 4.69) is 10.6 Å². The highest BCUT2D eigenvalue weighted by Crippen LogP contribution is 2.12. The summed E-state index contributed by atoms with van der Waals surface area (Å²) in [6.07, 6.45) is 0.966. The summed E-state index contributed by atoms with van der Waals surface area (Å²) in [6, 6.07) is 9.19. The fraction of sp³-hybridized carbons (Fsp3) is 0.471. The number of carboxylic acids is 1. The van der Waals surface area contributed by atoms with Crippen molar-refractivity contribution in [1.82, 2.24) is 15.5 Å². The summed E-state index contributed by atoms with van der Waals surface area (Å²) in [7, 11) is 0. The number of benzene rings is 1. The van der Waals surface area contributed by atoms with Gasteiger partial charge in [0.15, 0.2) is 0 Å². The summed E-state index contributed by atoms with van der Waals surface area (Å²) in [5.41, 5.74) is 1.05. The summed E-state index contributed by atoms with van der Waals surface area (Å²) < 4.78 is 0. The number of urea groups is 1. The second-order valence-electron chi connectivity index (χ2n) is 6.07. The normalized spacial score (nSPS) is 15.3. The van der Waals surface area contributed by atoms with E-state index in [4.69, 9.17) is 5.11 Å². The summed E-state index contributed by atoms with van der Waals surface area (Å²) in [6.45, 7) is 2.40. The Kier molecular flexibility index (Phi) is 6.17. The van der Waals surface area contributed by atoms with E-state index in [-0.39, 0.29) is 30.4 Å². The number of aliphatic carboxylic acids is 1. The van der Waals surface area contributed by atoms with Gasteiger partial charge in [-0.3, -0.25) is 9.59 Å². The van der Waals surface area contributed by atoms with Crippen LogP contribution in [0.5, 0.6) is 0 Å². The van der Waals surface area contributed by atoms with Crippen LogP contribution in [0.2, 0.25) is 0 Å². The van der Waals surface area contributed by atoms with Crippen LogP contribution in [0.3, 0.4) is 0 Å². The second-order valence-corrected chi connectivity index (χ2v) is 6.07. The van der Waals surface area contributed by atoms with Gasteiger partial charge in [-0.05, 0) is 18.4 Å². The molecule has 1 aliphatic rings. The first-order valence-corrected chi connectivity index (χ1v) is 8.02. The van der Waals surface area contributed by atoms with Crippen LogP contribution in [0.4, 0.5) is 4.79 Å². The van der Waals surface area contributed by atoms with E-state index < -0.39 is 5.97 Å². The molecule has 1 heterocycles. The van der Waals surface area contributed by atoms with E-state index in [1.807, 2.05) is 30.3 Å². The van der Waals surface area contributed by atoms with Gasteiger partial charge in [-0.25, -0.2) is 4.79 Å². The monoisotopic (exact) mass is 333 g/mol. The molecule has 24 heavy (non-hydrogen) atoms. The Morgan fingerprint density at radius 1 is 1.25 bits per heavy atom. The molecule has 1 aliphatic heterocycles. The molecule has 7 nitrogen and oxygen atoms in total. The van der Waals surface area contributed by atoms with E-state index in [1.54, 1.807) is 4.90 Å². The number of carbonyl (C=O) groups is 3. The molecule has 2 rings (SSSR count). The van der Waals surface area contributed by atoms with E-state index in [9.17, 15) is 14.4 Å². The number of hydrogen-bond acceptors (Lipinski definition) is 3. The van der Waals surface area contributed by atoms with Crippen LogP contribution in [0.25, 0.3) is 0 Å². The highest BCUT2D eigenvalue weighted by molar-refractivity contribution is 5.77. The Labute approximate surface area is 141 Å². The molecular formula is C17H23N3O4. The van der Waals surface area contributed by atoms with Gasteiger partial charge >= 0.3 is 12.0 Å². The van der Waals surface area contributed by atoms with Gasteiger partial charge in [0.25, 0.3) is 0 Å². The number of carbonyl (C=O) groups excluding carboxylic acids is 2. The van der Waals surface area contributed by atoms with Crippen molar-refractivity contribution in [2.75, 3.05) is 13.1 Å². The molecule has 1 unspecified atom stereocenters. The zero-order valence-electron chi connectivity index (χ0n) is 13.7. The van der Waals surface area contributed by atoms with Crippen LogP contribution < -0.4 is 10.6 Å². The zero-order chi connectivity index (χ0) is 17.5. The third kappa shape index (κ3) is 5.57. The van der Waals surface area contributed by atoms with Crippen molar-refractivity contribution < 1.29 is 19.5 Å². The third-order valence-corrected chi connectivity index (χ3v) is 3.94. The van der Waals surface area contributed by atoms with Crippen molar-refractivity contribution in [3.8, 4) is 0 Å². The molecule has 0 bridgehead atoms. The van der Waals surface area contributed by atoms with Gasteiger partial charge in [0.05, 0.1) is 6.04 Å². The number of hydrogen-bond donors (Lipinski definition) is 3. The Morgan fingerprint density at radius 3 is 2.50 bits per heavy atom. The van der Waals surface area contributed by atoms with Gasteiger partial charge in [0, 0.05) is 32.5 Å². The maximum atomic E-state index is 12.3. The number of nitrogens with zero attached hydrogens (tertiary/aromatic N) is 1. The molecule has 0 spiro atoms. The summed E-state index contributed by atoms with van der Waals surface area (Å²) >= 11 is 0. The lowest BCUT2D eigenvalue weighted by molar-refractivity contribution is -0.137. The minimum atomic E-state index is -0.878. The largest absolute Gasteiger partial charge is 0.481 e. The maximum absolute atomic E-state index is 12.3. The first kappa shape index (κ1) is 17.8. The van der Waals surface area contributed by atoms with Crippen molar-refractivity contribution in [3.63, 3.8) is 0 Å². The molecule has 0 saturated carbocycles. The lowest BCUT2D eigenvalue weighted by Gasteiger charge is -2.40. The fourth-order valence-electron chi connectivity index (χ4n) is 2.71. The number of nitrogens with one attached hydrogen (secondary N) is 2. The molecule has 130 valence electrons. The molecule has 0 aliphatic carbocycles. The Bertz CT molecular complexity index is 585. The van der Waals surface area contributed by atoms with Crippen LogP contribution in [0, 0.1) is 0 Å². The topological polar surface area (TPSA) is 98.7 Å². The number of amides is 3. The summed E-state index contributed by atoms with van der Waals surface area (Å²) in [5, 5.41) is 14.6. The molecule has 1 atom stereocenters. The first-order valence-electron chi connectivity index (χ1n) is 8.02. The SMILES string of the molecule is CC(=O)NC1CN(C(=O)NC(CCC(=O)O)Cc2ccccc2)C1. The number of likely N-dealkylation sites (tertiary alicyclic amines) is 1. The van der Waals surface area contributed by atoms with Gasteiger partial charge in [0.2, 0.25) is 5.91 Å². The highest BCUT2D eigenvalue weighted by Gasteiger charge is 2.32. The summed E-state index contributed by atoms with van der Waals surface area (Å²) in [4.78, 5) is 35.7. The van der Waals surface area contributed by atoms with Crippen molar-refractivity contribution in [2.45, 2.75) is 38.3 Å². The van der Waals surface area contributed by atoms with Gasteiger partial charge < -0.3 is 20.6 Å². The van der Waals surface area contributed by atoms with Gasteiger partial charge in [-0.1, -0.05) is 30.3 Å². The molecule has 1 aromatic rings. The second kappa shape index (κ2) is 8.33. The zero-order valence-corrected chi connectivity index (χ0v) is 13.7. The minimum absolute atomic E-state index is 0.000145. The average Bonchev–Trinajstić information content (AvgIpc) is 2.48. The fourth-order valence-corrected chi connectivity index (χ4v) is 2.71. The Morgan fingerprint density at radius 2 is 1.92 bits per heavy atom. The Balaban J connectivity index is 1.86.